The van der Waals surface area contributed by atoms with Crippen LogP contribution < -0.4 is 29.6 Å². The molecule has 0 aromatic heterocycles. The number of azo groups is 1. The summed E-state index contributed by atoms with van der Waals surface area (Å²) in [5.41, 5.74) is 0.0956. The normalized spacial score (nSPS) is 10.7. The second-order valence-corrected chi connectivity index (χ2v) is 4.78. The Balaban J connectivity index is 0.00000208. The fourth-order valence-corrected chi connectivity index (χ4v) is 2.16. The van der Waals surface area contributed by atoms with Crippen LogP contribution in [-0.2, 0) is 0 Å². The van der Waals surface area contributed by atoms with Crippen LogP contribution in [0.3, 0.4) is 0 Å². The van der Waals surface area contributed by atoms with Crippen LogP contribution in [0.4, 0.5) is 17.1 Å². The molecule has 0 fully saturated rings. The quantitative estimate of drug-likeness (QED) is 0.328. The van der Waals surface area contributed by atoms with Crippen LogP contribution in [0.2, 0.25) is 0 Å². The second-order valence-electron chi connectivity index (χ2n) is 4.78. The minimum Gasteiger partial charge on any atom is -0.506 e. The van der Waals surface area contributed by atoms with Gasteiger partial charge in [-0.15, -0.1) is 10.2 Å². The first-order valence-electron chi connectivity index (χ1n) is 6.66. The van der Waals surface area contributed by atoms with Crippen LogP contribution >= 0.6 is 0 Å². The van der Waals surface area contributed by atoms with Gasteiger partial charge in [-0.05, 0) is 17.5 Å². The molecule has 0 saturated heterocycles. The zero-order valence-corrected chi connectivity index (χ0v) is 14.7. The van der Waals surface area contributed by atoms with E-state index in [1.54, 1.807) is 12.1 Å². The molecule has 0 radical (unpaired) electrons. The molecule has 0 amide bonds. The zero-order valence-electron chi connectivity index (χ0n) is 12.7. The largest absolute Gasteiger partial charge is 1.00 e. The molecule has 0 heterocycles. The van der Waals surface area contributed by atoms with E-state index in [1.165, 1.54) is 18.2 Å². The molecule has 0 unspecified atom stereocenters. The van der Waals surface area contributed by atoms with Crippen LogP contribution in [0.1, 0.15) is 0 Å². The van der Waals surface area contributed by atoms with Crippen molar-refractivity contribution in [1.82, 2.24) is 0 Å². The number of nitro groups is 1. The van der Waals surface area contributed by atoms with Gasteiger partial charge in [0, 0.05) is 11.5 Å². The van der Waals surface area contributed by atoms with Crippen molar-refractivity contribution >= 4 is 27.8 Å². The molecule has 7 nitrogen and oxygen atoms in total. The second kappa shape index (κ2) is 7.39. The zero-order chi connectivity index (χ0) is 16.4. The number of phenolic OH excluding ortho intramolecular Hbond substituents is 2. The number of nitro benzene ring substituents is 1. The molecule has 0 aliphatic rings. The van der Waals surface area contributed by atoms with E-state index >= 15 is 0 Å². The first-order valence-corrected chi connectivity index (χ1v) is 6.66. The molecule has 3 aromatic rings. The number of aromatic hydroxyl groups is 2. The summed E-state index contributed by atoms with van der Waals surface area (Å²) >= 11 is 0. The number of fused-ring (bicyclic) bond motifs is 1. The topological polar surface area (TPSA) is 108 Å². The maximum absolute atomic E-state index is 10.6. The predicted molar refractivity (Wildman–Crippen MR) is 84.6 cm³/mol. The molecular weight excluding hydrogens is 321 g/mol. The maximum Gasteiger partial charge on any atom is 1.00 e. The molecule has 0 atom stereocenters. The van der Waals surface area contributed by atoms with Gasteiger partial charge in [-0.2, -0.15) is 0 Å². The van der Waals surface area contributed by atoms with Crippen LogP contribution in [0, 0.1) is 10.1 Å². The van der Waals surface area contributed by atoms with E-state index in [0.717, 1.165) is 11.5 Å². The number of hydrogen-bond donors (Lipinski definition) is 2. The molecule has 3 aromatic carbocycles. The molecule has 3 rings (SSSR count). The van der Waals surface area contributed by atoms with Gasteiger partial charge in [-0.3, -0.25) is 10.1 Å². The predicted octanol–water partition coefficient (Wildman–Crippen LogP) is 1.58. The molecule has 0 aliphatic heterocycles. The first kappa shape index (κ1) is 17.9. The van der Waals surface area contributed by atoms with Crippen molar-refractivity contribution in [2.45, 2.75) is 0 Å². The van der Waals surface area contributed by atoms with E-state index in [4.69, 9.17) is 0 Å². The van der Waals surface area contributed by atoms with E-state index in [-0.39, 0.29) is 58.1 Å². The summed E-state index contributed by atoms with van der Waals surface area (Å²) in [7, 11) is 0. The number of hydrogen-bond acceptors (Lipinski definition) is 6. The Morgan fingerprint density at radius 3 is 2.38 bits per heavy atom. The van der Waals surface area contributed by atoms with Crippen LogP contribution in [0.25, 0.3) is 10.8 Å². The van der Waals surface area contributed by atoms with Gasteiger partial charge in [-0.1, -0.05) is 30.3 Å². The summed E-state index contributed by atoms with van der Waals surface area (Å²) in [5, 5.41) is 39.8. The van der Waals surface area contributed by atoms with Crippen molar-refractivity contribution in [2.75, 3.05) is 0 Å². The number of non-ortho nitro benzene ring substituents is 1. The molecule has 0 bridgehead atoms. The molecule has 2 N–H and O–H groups in total. The Kier molecular flexibility index (Phi) is 5.50. The van der Waals surface area contributed by atoms with Crippen molar-refractivity contribution in [2.24, 2.45) is 10.2 Å². The molecule has 0 spiro atoms. The van der Waals surface area contributed by atoms with E-state index in [2.05, 4.69) is 10.2 Å². The number of nitrogens with zero attached hydrogens (tertiary/aromatic N) is 3. The Morgan fingerprint density at radius 1 is 0.917 bits per heavy atom. The van der Waals surface area contributed by atoms with Gasteiger partial charge in [0.15, 0.2) is 0 Å². The third kappa shape index (κ3) is 3.53. The maximum atomic E-state index is 10.6. The third-order valence-corrected chi connectivity index (χ3v) is 3.31. The Labute approximate surface area is 158 Å². The van der Waals surface area contributed by atoms with Gasteiger partial charge in [0.2, 0.25) is 0 Å². The first-order chi connectivity index (χ1) is 11.1. The Morgan fingerprint density at radius 2 is 1.67 bits per heavy atom. The van der Waals surface area contributed by atoms with Crippen molar-refractivity contribution < 1.29 is 44.7 Å². The summed E-state index contributed by atoms with van der Waals surface area (Å²) in [6.45, 7) is 0. The van der Waals surface area contributed by atoms with Gasteiger partial charge < -0.3 is 10.2 Å². The minimum absolute atomic E-state index is 0. The standard InChI is InChI=1S/C16H11N3O4.Na/c20-14-8-5-10-3-1-2-4-12(10)16(14)18-17-13-7-6-11(19(22)23)9-15(13)21;/h1-9,20-21H;/q;+1. The van der Waals surface area contributed by atoms with Crippen LogP contribution in [0.15, 0.2) is 64.8 Å². The van der Waals surface area contributed by atoms with Gasteiger partial charge in [0.25, 0.3) is 5.69 Å². The summed E-state index contributed by atoms with van der Waals surface area (Å²) < 4.78 is 0. The molecular formula is C16H11N3NaO4+. The number of benzene rings is 3. The smallest absolute Gasteiger partial charge is 0.506 e. The molecule has 24 heavy (non-hydrogen) atoms. The summed E-state index contributed by atoms with van der Waals surface area (Å²) in [5.74, 6) is -0.406. The molecule has 0 saturated carbocycles. The average Bonchev–Trinajstić information content (AvgIpc) is 2.55. The van der Waals surface area contributed by atoms with E-state index in [1.807, 2.05) is 18.2 Å². The van der Waals surface area contributed by atoms with Crippen LogP contribution in [0.5, 0.6) is 11.5 Å². The molecule has 0 aliphatic carbocycles. The SMILES string of the molecule is O=[N+]([O-])c1ccc(N=Nc2c(O)ccc3ccccc23)c(O)c1.[Na+]. The van der Waals surface area contributed by atoms with Crippen molar-refractivity contribution in [1.29, 1.82) is 0 Å². The van der Waals surface area contributed by atoms with Gasteiger partial charge in [-0.25, -0.2) is 0 Å². The fourth-order valence-electron chi connectivity index (χ4n) is 2.16. The molecule has 114 valence electrons. The third-order valence-electron chi connectivity index (χ3n) is 3.31. The van der Waals surface area contributed by atoms with Crippen LogP contribution in [-0.4, -0.2) is 15.1 Å². The van der Waals surface area contributed by atoms with E-state index in [9.17, 15) is 20.3 Å². The fraction of sp³-hybridized carbons (Fsp3) is 0. The monoisotopic (exact) mass is 332 g/mol. The van der Waals surface area contributed by atoms with Crippen molar-refractivity contribution in [3.8, 4) is 11.5 Å². The summed E-state index contributed by atoms with van der Waals surface area (Å²) in [4.78, 5) is 10.0. The minimum atomic E-state index is -0.614. The summed E-state index contributed by atoms with van der Waals surface area (Å²) in [6, 6.07) is 14.1. The summed E-state index contributed by atoms with van der Waals surface area (Å²) in [6.07, 6.45) is 0. The van der Waals surface area contributed by atoms with Gasteiger partial charge in [0.05, 0.1) is 11.0 Å². The average molecular weight is 332 g/mol. The van der Waals surface area contributed by atoms with E-state index in [0.29, 0.717) is 5.39 Å². The molecule has 8 heteroatoms. The Bertz CT molecular complexity index is 944. The number of rotatable bonds is 3. The van der Waals surface area contributed by atoms with E-state index < -0.39 is 4.92 Å². The van der Waals surface area contributed by atoms with Gasteiger partial charge >= 0.3 is 29.6 Å². The van der Waals surface area contributed by atoms with Crippen molar-refractivity contribution in [3.05, 3.63) is 64.7 Å². The Hall–Kier alpha value is -2.48. The number of phenols is 2. The van der Waals surface area contributed by atoms with Gasteiger partial charge in [0.1, 0.15) is 22.9 Å². The van der Waals surface area contributed by atoms with Crippen molar-refractivity contribution in [3.63, 3.8) is 0 Å².